The molecular formula is C12H12BrN5O. The van der Waals surface area contributed by atoms with Gasteiger partial charge in [0, 0.05) is 16.7 Å². The topological polar surface area (TPSA) is 83.1 Å². The van der Waals surface area contributed by atoms with Crippen molar-refractivity contribution in [3.63, 3.8) is 0 Å². The summed E-state index contributed by atoms with van der Waals surface area (Å²) >= 11 is 3.34. The minimum Gasteiger partial charge on any atom is -0.346 e. The molecule has 0 bridgehead atoms. The van der Waals surface area contributed by atoms with Crippen molar-refractivity contribution in [2.75, 3.05) is 0 Å². The predicted octanol–water partition coefficient (Wildman–Crippen LogP) is 1.91. The van der Waals surface area contributed by atoms with E-state index in [1.54, 1.807) is 16.7 Å². The molecule has 1 amide bonds. The SMILES string of the molecule is CCC(CC#N)NC(=O)c1nnc2ccc(Br)cn12. The lowest BCUT2D eigenvalue weighted by Gasteiger charge is -2.12. The molecule has 0 aromatic carbocycles. The van der Waals surface area contributed by atoms with E-state index >= 15 is 0 Å². The summed E-state index contributed by atoms with van der Waals surface area (Å²) in [4.78, 5) is 12.1. The number of hydrogen-bond donors (Lipinski definition) is 1. The van der Waals surface area contributed by atoms with E-state index in [9.17, 15) is 4.79 Å². The first-order chi connectivity index (χ1) is 9.15. The Bertz CT molecular complexity index is 645. The fourth-order valence-electron chi connectivity index (χ4n) is 1.68. The maximum absolute atomic E-state index is 12.1. The molecule has 2 heterocycles. The molecule has 0 aliphatic rings. The number of rotatable bonds is 4. The van der Waals surface area contributed by atoms with E-state index in [4.69, 9.17) is 5.26 Å². The fraction of sp³-hybridized carbons (Fsp3) is 0.333. The second kappa shape index (κ2) is 5.80. The standard InChI is InChI=1S/C12H12BrN5O/c1-2-9(5-6-14)15-12(19)11-17-16-10-4-3-8(13)7-18(10)11/h3-4,7,9H,2,5H2,1H3,(H,15,19). The van der Waals surface area contributed by atoms with Crippen LogP contribution in [0.4, 0.5) is 0 Å². The monoisotopic (exact) mass is 321 g/mol. The number of halogens is 1. The molecule has 98 valence electrons. The van der Waals surface area contributed by atoms with Gasteiger partial charge in [0.2, 0.25) is 5.82 Å². The number of carbonyl (C=O) groups excluding carboxylic acids is 1. The Hall–Kier alpha value is -1.94. The third-order valence-electron chi connectivity index (χ3n) is 2.74. The molecule has 19 heavy (non-hydrogen) atoms. The van der Waals surface area contributed by atoms with Gasteiger partial charge in [-0.1, -0.05) is 6.92 Å². The highest BCUT2D eigenvalue weighted by Crippen LogP contribution is 2.12. The fourth-order valence-corrected chi connectivity index (χ4v) is 2.01. The molecule has 7 heteroatoms. The number of amides is 1. The number of carbonyl (C=O) groups is 1. The van der Waals surface area contributed by atoms with E-state index in [0.717, 1.165) is 4.47 Å². The van der Waals surface area contributed by atoms with Crippen molar-refractivity contribution in [1.82, 2.24) is 19.9 Å². The normalized spacial score (nSPS) is 12.1. The molecule has 1 unspecified atom stereocenters. The quantitative estimate of drug-likeness (QED) is 0.932. The summed E-state index contributed by atoms with van der Waals surface area (Å²) < 4.78 is 2.44. The molecule has 0 saturated carbocycles. The van der Waals surface area contributed by atoms with Crippen LogP contribution in [0.15, 0.2) is 22.8 Å². The molecule has 0 aliphatic heterocycles. The molecule has 6 nitrogen and oxygen atoms in total. The number of nitrogens with zero attached hydrogens (tertiary/aromatic N) is 4. The van der Waals surface area contributed by atoms with Gasteiger partial charge in [0.05, 0.1) is 12.5 Å². The number of nitrogens with one attached hydrogen (secondary N) is 1. The van der Waals surface area contributed by atoms with Crippen LogP contribution in [0.25, 0.3) is 5.65 Å². The molecule has 2 aromatic rings. The van der Waals surface area contributed by atoms with Crippen molar-refractivity contribution in [2.24, 2.45) is 0 Å². The van der Waals surface area contributed by atoms with Crippen LogP contribution < -0.4 is 5.32 Å². The Kier molecular flexibility index (Phi) is 4.12. The van der Waals surface area contributed by atoms with Crippen LogP contribution in [-0.2, 0) is 0 Å². The largest absolute Gasteiger partial charge is 0.346 e. The van der Waals surface area contributed by atoms with E-state index in [0.29, 0.717) is 12.1 Å². The number of hydrogen-bond acceptors (Lipinski definition) is 4. The van der Waals surface area contributed by atoms with Crippen molar-refractivity contribution < 1.29 is 4.79 Å². The van der Waals surface area contributed by atoms with E-state index in [-0.39, 0.29) is 24.2 Å². The zero-order valence-electron chi connectivity index (χ0n) is 10.3. The van der Waals surface area contributed by atoms with Crippen LogP contribution in [0.1, 0.15) is 30.4 Å². The second-order valence-corrected chi connectivity index (χ2v) is 4.96. The summed E-state index contributed by atoms with van der Waals surface area (Å²) in [5.74, 6) is -0.111. The Morgan fingerprint density at radius 3 is 3.05 bits per heavy atom. The van der Waals surface area contributed by atoms with Crippen LogP contribution in [0.3, 0.4) is 0 Å². The third kappa shape index (κ3) is 2.90. The Morgan fingerprint density at radius 2 is 2.37 bits per heavy atom. The third-order valence-corrected chi connectivity index (χ3v) is 3.20. The summed E-state index contributed by atoms with van der Waals surface area (Å²) in [6, 6.07) is 5.48. The van der Waals surface area contributed by atoms with Gasteiger partial charge in [0.1, 0.15) is 0 Å². The molecule has 0 radical (unpaired) electrons. The highest BCUT2D eigenvalue weighted by Gasteiger charge is 2.17. The minimum atomic E-state index is -0.326. The van der Waals surface area contributed by atoms with Crippen LogP contribution >= 0.6 is 15.9 Å². The number of pyridine rings is 1. The summed E-state index contributed by atoms with van der Waals surface area (Å²) in [6.45, 7) is 1.92. The van der Waals surface area contributed by atoms with Gasteiger partial charge in [-0.15, -0.1) is 10.2 Å². The molecule has 0 saturated heterocycles. The minimum absolute atomic E-state index is 0.169. The first-order valence-corrected chi connectivity index (χ1v) is 6.63. The van der Waals surface area contributed by atoms with Gasteiger partial charge in [0.25, 0.3) is 5.91 Å². The van der Waals surface area contributed by atoms with Gasteiger partial charge in [0.15, 0.2) is 5.65 Å². The van der Waals surface area contributed by atoms with Crippen molar-refractivity contribution in [3.05, 3.63) is 28.6 Å². The summed E-state index contributed by atoms with van der Waals surface area (Å²) in [5, 5.41) is 19.3. The number of fused-ring (bicyclic) bond motifs is 1. The smallest absolute Gasteiger partial charge is 0.289 e. The molecule has 2 rings (SSSR count). The molecular weight excluding hydrogens is 310 g/mol. The lowest BCUT2D eigenvalue weighted by Crippen LogP contribution is -2.35. The van der Waals surface area contributed by atoms with Crippen LogP contribution in [0.2, 0.25) is 0 Å². The summed E-state index contributed by atoms with van der Waals surface area (Å²) in [6.07, 6.45) is 2.71. The molecule has 2 aromatic heterocycles. The predicted molar refractivity (Wildman–Crippen MR) is 72.5 cm³/mol. The van der Waals surface area contributed by atoms with E-state index in [1.165, 1.54) is 0 Å². The summed E-state index contributed by atoms with van der Waals surface area (Å²) in [5.41, 5.74) is 0.599. The highest BCUT2D eigenvalue weighted by molar-refractivity contribution is 9.10. The van der Waals surface area contributed by atoms with Gasteiger partial charge < -0.3 is 5.32 Å². The number of nitriles is 1. The Labute approximate surface area is 118 Å². The first kappa shape index (κ1) is 13.5. The van der Waals surface area contributed by atoms with Crippen LogP contribution in [-0.4, -0.2) is 26.5 Å². The van der Waals surface area contributed by atoms with E-state index < -0.39 is 0 Å². The molecule has 1 atom stereocenters. The molecule has 0 aliphatic carbocycles. The van der Waals surface area contributed by atoms with Gasteiger partial charge in [-0.05, 0) is 34.5 Å². The molecule has 0 spiro atoms. The number of aromatic nitrogens is 3. The van der Waals surface area contributed by atoms with Gasteiger partial charge >= 0.3 is 0 Å². The maximum Gasteiger partial charge on any atom is 0.289 e. The lowest BCUT2D eigenvalue weighted by atomic mass is 10.1. The van der Waals surface area contributed by atoms with E-state index in [1.807, 2.05) is 13.0 Å². The second-order valence-electron chi connectivity index (χ2n) is 4.04. The van der Waals surface area contributed by atoms with E-state index in [2.05, 4.69) is 37.5 Å². The Balaban J connectivity index is 2.26. The lowest BCUT2D eigenvalue weighted by molar-refractivity contribution is 0.0925. The first-order valence-electron chi connectivity index (χ1n) is 5.83. The van der Waals surface area contributed by atoms with Crippen molar-refractivity contribution >= 4 is 27.5 Å². The Morgan fingerprint density at radius 1 is 1.58 bits per heavy atom. The van der Waals surface area contributed by atoms with Gasteiger partial charge in [-0.2, -0.15) is 5.26 Å². The van der Waals surface area contributed by atoms with Gasteiger partial charge in [-0.25, -0.2) is 0 Å². The summed E-state index contributed by atoms with van der Waals surface area (Å²) in [7, 11) is 0. The average Bonchev–Trinajstić information content (AvgIpc) is 2.81. The van der Waals surface area contributed by atoms with Crippen molar-refractivity contribution in [1.29, 1.82) is 5.26 Å². The van der Waals surface area contributed by atoms with Crippen molar-refractivity contribution in [2.45, 2.75) is 25.8 Å². The van der Waals surface area contributed by atoms with Crippen LogP contribution in [0, 0.1) is 11.3 Å². The maximum atomic E-state index is 12.1. The highest BCUT2D eigenvalue weighted by atomic mass is 79.9. The zero-order valence-corrected chi connectivity index (χ0v) is 11.9. The van der Waals surface area contributed by atoms with Crippen molar-refractivity contribution in [3.8, 4) is 6.07 Å². The molecule has 0 fully saturated rings. The average molecular weight is 322 g/mol. The zero-order chi connectivity index (χ0) is 13.8. The van der Waals surface area contributed by atoms with Gasteiger partial charge in [-0.3, -0.25) is 9.20 Å². The van der Waals surface area contributed by atoms with Crippen LogP contribution in [0.5, 0.6) is 0 Å². The molecule has 1 N–H and O–H groups in total.